The van der Waals surface area contributed by atoms with Crippen LogP contribution in [0.2, 0.25) is 0 Å². The fourth-order valence-electron chi connectivity index (χ4n) is 3.83. The Balaban J connectivity index is -0.00000261. The minimum absolute atomic E-state index is 0. The van der Waals surface area contributed by atoms with E-state index in [-0.39, 0.29) is 30.8 Å². The average molecular weight is 437 g/mol. The largest absolute Gasteiger partial charge is 2.00 e. The van der Waals surface area contributed by atoms with Crippen molar-refractivity contribution in [2.45, 2.75) is 121 Å². The molecule has 1 N–H and O–H groups in total. The first-order chi connectivity index (χ1) is 13.6. The molecule has 0 saturated heterocycles. The molecule has 0 bridgehead atoms. The van der Waals surface area contributed by atoms with Crippen molar-refractivity contribution in [3.63, 3.8) is 0 Å². The summed E-state index contributed by atoms with van der Waals surface area (Å²) in [5, 5.41) is 0. The molecule has 0 radical (unpaired) electrons. The van der Waals surface area contributed by atoms with Crippen LogP contribution in [0.3, 0.4) is 0 Å². The number of hydrogen-bond donors (Lipinski definition) is 1. The van der Waals surface area contributed by atoms with Crippen molar-refractivity contribution in [3.8, 4) is 0 Å². The van der Waals surface area contributed by atoms with E-state index in [1.165, 1.54) is 96.0 Å². The summed E-state index contributed by atoms with van der Waals surface area (Å²) in [4.78, 5) is 0.0657. The molecule has 29 heavy (non-hydrogen) atoms. The third kappa shape index (κ3) is 15.4. The molecule has 0 heterocycles. The van der Waals surface area contributed by atoms with Gasteiger partial charge in [0, 0.05) is 0 Å². The molecular weight excluding hydrogens is 393 g/mol. The summed E-state index contributed by atoms with van der Waals surface area (Å²) in [5.41, 5.74) is 0.732. The van der Waals surface area contributed by atoms with Gasteiger partial charge in [0.2, 0.25) is 0 Å². The van der Waals surface area contributed by atoms with Crippen LogP contribution < -0.4 is 0 Å². The number of hydrogen-bond acceptors (Lipinski definition) is 2. The van der Waals surface area contributed by atoms with Gasteiger partial charge in [0.1, 0.15) is 0 Å². The molecule has 0 atom stereocenters. The fraction of sp³-hybridized carbons (Fsp3) is 0.750. The van der Waals surface area contributed by atoms with Crippen LogP contribution in [0, 0.1) is 0 Å². The van der Waals surface area contributed by atoms with Gasteiger partial charge >= 0.3 is 23.1 Å². The number of benzene rings is 1. The summed E-state index contributed by atoms with van der Waals surface area (Å²) in [6.07, 6.45) is 22.0. The standard InChI is InChI=1S/C24H42O3S.Mg.2H/c1-2-3-4-5-6-7-8-9-10-11-12-13-14-15-16-17-20-23-21-18-19-22-24(23)28(25,26)27;;;/h18-19,21-22H,2-17,20H2,1H3,(H,25,26,27);;;/q;+2;2*-1. The van der Waals surface area contributed by atoms with E-state index in [4.69, 9.17) is 0 Å². The molecule has 0 aromatic heterocycles. The van der Waals surface area contributed by atoms with Gasteiger partial charge < -0.3 is 2.85 Å². The summed E-state index contributed by atoms with van der Waals surface area (Å²) < 4.78 is 32.0. The van der Waals surface area contributed by atoms with Gasteiger partial charge in [0.25, 0.3) is 10.1 Å². The van der Waals surface area contributed by atoms with Crippen LogP contribution in [0.25, 0.3) is 0 Å². The zero-order valence-electron chi connectivity index (χ0n) is 20.7. The van der Waals surface area contributed by atoms with Gasteiger partial charge in [-0.15, -0.1) is 0 Å². The van der Waals surface area contributed by atoms with Gasteiger partial charge in [-0.2, -0.15) is 8.42 Å². The first-order valence-electron chi connectivity index (χ1n) is 11.6. The van der Waals surface area contributed by atoms with E-state index in [2.05, 4.69) is 6.92 Å². The molecule has 0 amide bonds. The zero-order chi connectivity index (χ0) is 20.5. The van der Waals surface area contributed by atoms with Crippen LogP contribution in [0.1, 0.15) is 118 Å². The molecule has 1 rings (SSSR count). The molecule has 1 aromatic carbocycles. The van der Waals surface area contributed by atoms with Crippen LogP contribution in [0.5, 0.6) is 0 Å². The predicted molar refractivity (Wildman–Crippen MR) is 127 cm³/mol. The Morgan fingerprint density at radius 3 is 1.48 bits per heavy atom. The van der Waals surface area contributed by atoms with Crippen LogP contribution in [-0.2, 0) is 16.5 Å². The van der Waals surface area contributed by atoms with Crippen molar-refractivity contribution in [2.75, 3.05) is 0 Å². The van der Waals surface area contributed by atoms with Gasteiger partial charge in [-0.05, 0) is 24.5 Å². The van der Waals surface area contributed by atoms with Crippen LogP contribution in [0.4, 0.5) is 0 Å². The second-order valence-electron chi connectivity index (χ2n) is 8.14. The number of rotatable bonds is 18. The van der Waals surface area contributed by atoms with Crippen molar-refractivity contribution >= 4 is 33.2 Å². The van der Waals surface area contributed by atoms with Crippen molar-refractivity contribution in [1.82, 2.24) is 0 Å². The molecular formula is C24H44MgO3S. The Morgan fingerprint density at radius 2 is 1.07 bits per heavy atom. The van der Waals surface area contributed by atoms with E-state index >= 15 is 0 Å². The second kappa shape index (κ2) is 18.6. The van der Waals surface area contributed by atoms with Gasteiger partial charge in [0.15, 0.2) is 0 Å². The average Bonchev–Trinajstić information content (AvgIpc) is 2.67. The summed E-state index contributed by atoms with van der Waals surface area (Å²) in [6, 6.07) is 6.77. The van der Waals surface area contributed by atoms with Gasteiger partial charge in [-0.1, -0.05) is 121 Å². The van der Waals surface area contributed by atoms with Crippen molar-refractivity contribution in [1.29, 1.82) is 0 Å². The molecule has 0 saturated carbocycles. The smallest absolute Gasteiger partial charge is 1.00 e. The quantitative estimate of drug-likeness (QED) is 0.146. The first kappa shape index (κ1) is 28.9. The minimum atomic E-state index is -4.11. The SMILES string of the molecule is CCCCCCCCCCCCCCCCCCc1ccccc1S(=O)(=O)O.[H-].[H-].[Mg+2]. The molecule has 5 heteroatoms. The summed E-state index contributed by atoms with van der Waals surface area (Å²) in [5.74, 6) is 0. The Hall–Kier alpha value is -0.104. The first-order valence-corrected chi connectivity index (χ1v) is 13.0. The third-order valence-electron chi connectivity index (χ3n) is 5.55. The van der Waals surface area contributed by atoms with Crippen molar-refractivity contribution < 1.29 is 15.8 Å². The molecule has 0 aliphatic rings. The zero-order valence-corrected chi connectivity index (χ0v) is 20.9. The maximum Gasteiger partial charge on any atom is 2.00 e. The van der Waals surface area contributed by atoms with E-state index in [1.54, 1.807) is 12.1 Å². The molecule has 0 unspecified atom stereocenters. The van der Waals surface area contributed by atoms with Crippen LogP contribution in [-0.4, -0.2) is 36.0 Å². The normalized spacial score (nSPS) is 11.4. The summed E-state index contributed by atoms with van der Waals surface area (Å²) >= 11 is 0. The molecule has 3 nitrogen and oxygen atoms in total. The summed E-state index contributed by atoms with van der Waals surface area (Å²) in [6.45, 7) is 2.27. The number of aryl methyl sites for hydroxylation is 1. The Bertz CT molecular complexity index is 613. The molecule has 0 aliphatic heterocycles. The predicted octanol–water partition coefficient (Wildman–Crippen LogP) is 7.58. The Kier molecular flexibility index (Phi) is 18.6. The van der Waals surface area contributed by atoms with E-state index in [0.717, 1.165) is 18.4 Å². The molecule has 166 valence electrons. The minimum Gasteiger partial charge on any atom is -1.00 e. The number of unbranched alkanes of at least 4 members (excludes halogenated alkanes) is 15. The molecule has 1 aromatic rings. The topological polar surface area (TPSA) is 54.4 Å². The van der Waals surface area contributed by atoms with E-state index in [1.807, 2.05) is 6.07 Å². The fourth-order valence-corrected chi connectivity index (χ4v) is 4.58. The molecule has 0 fully saturated rings. The molecule has 0 aliphatic carbocycles. The maximum atomic E-state index is 11.4. The molecule has 0 spiro atoms. The second-order valence-corrected chi connectivity index (χ2v) is 9.53. The van der Waals surface area contributed by atoms with E-state index in [0.29, 0.717) is 6.42 Å². The van der Waals surface area contributed by atoms with Gasteiger partial charge in [-0.3, -0.25) is 4.55 Å². The Morgan fingerprint density at radius 1 is 0.690 bits per heavy atom. The third-order valence-corrected chi connectivity index (χ3v) is 6.50. The van der Waals surface area contributed by atoms with E-state index < -0.39 is 10.1 Å². The van der Waals surface area contributed by atoms with Crippen molar-refractivity contribution in [3.05, 3.63) is 29.8 Å². The van der Waals surface area contributed by atoms with Gasteiger partial charge in [0.05, 0.1) is 4.90 Å². The summed E-state index contributed by atoms with van der Waals surface area (Å²) in [7, 11) is -4.11. The Labute approximate surface area is 199 Å². The van der Waals surface area contributed by atoms with E-state index in [9.17, 15) is 13.0 Å². The monoisotopic (exact) mass is 436 g/mol. The maximum absolute atomic E-state index is 11.4. The van der Waals surface area contributed by atoms with Crippen LogP contribution >= 0.6 is 0 Å². The van der Waals surface area contributed by atoms with Gasteiger partial charge in [-0.25, -0.2) is 0 Å². The van der Waals surface area contributed by atoms with Crippen molar-refractivity contribution in [2.24, 2.45) is 0 Å². The van der Waals surface area contributed by atoms with Crippen LogP contribution in [0.15, 0.2) is 29.2 Å².